The van der Waals surface area contributed by atoms with Crippen molar-refractivity contribution < 1.29 is 4.71 Å². The zero-order chi connectivity index (χ0) is 5.28. The Bertz CT molecular complexity index is 142. The molecule has 0 spiro atoms. The molecular formula is C3H5BN3. The predicted molar refractivity (Wildman–Crippen MR) is 24.6 cm³/mol. The summed E-state index contributed by atoms with van der Waals surface area (Å²) in [4.78, 5) is 0. The van der Waals surface area contributed by atoms with Gasteiger partial charge in [-0.1, -0.05) is 5.10 Å². The Hall–Kier alpha value is -0.795. The summed E-state index contributed by atoms with van der Waals surface area (Å²) < 4.78 is 2.92. The number of aromatic nitrogens is 3. The van der Waals surface area contributed by atoms with E-state index in [1.165, 1.54) is 4.71 Å². The second-order valence-corrected chi connectivity index (χ2v) is 1.31. The van der Waals surface area contributed by atoms with E-state index in [9.17, 15) is 0 Å². The summed E-state index contributed by atoms with van der Waals surface area (Å²) in [6.07, 6.45) is 3.39. The maximum Gasteiger partial charge on any atom is 0.112 e. The van der Waals surface area contributed by atoms with Crippen molar-refractivity contribution in [1.82, 2.24) is 9.78 Å². The Labute approximate surface area is 43.0 Å². The van der Waals surface area contributed by atoms with Gasteiger partial charge in [-0.15, -0.1) is 0 Å². The summed E-state index contributed by atoms with van der Waals surface area (Å²) in [7, 11) is 7.02. The lowest BCUT2D eigenvalue weighted by molar-refractivity contribution is -0.674. The third-order valence-electron chi connectivity index (χ3n) is 0.791. The predicted octanol–water partition coefficient (Wildman–Crippen LogP) is -1.36. The van der Waals surface area contributed by atoms with Crippen LogP contribution in [0.5, 0.6) is 0 Å². The fraction of sp³-hybridized carbons (Fsp3) is 0.333. The monoisotopic (exact) mass is 94.1 g/mol. The topological polar surface area (TPSA) is 21.7 Å². The first-order valence-corrected chi connectivity index (χ1v) is 1.96. The van der Waals surface area contributed by atoms with Gasteiger partial charge in [0.1, 0.15) is 6.20 Å². The Kier molecular flexibility index (Phi) is 0.853. The van der Waals surface area contributed by atoms with Crippen molar-refractivity contribution in [2.75, 3.05) is 0 Å². The number of nitrogens with zero attached hydrogens (tertiary/aromatic N) is 3. The van der Waals surface area contributed by atoms with Crippen molar-refractivity contribution in [3.8, 4) is 0 Å². The standard InChI is InChI=1S/C3H5BN3/c1-6-3-2-5-7(6)4/h2-3H,1H3. The van der Waals surface area contributed by atoms with Gasteiger partial charge in [-0.2, -0.15) is 0 Å². The maximum absolute atomic E-state index is 5.21. The highest BCUT2D eigenvalue weighted by atomic mass is 15.5. The Morgan fingerprint density at radius 2 is 2.57 bits per heavy atom. The lowest BCUT2D eigenvalue weighted by atomic mass is 10.5. The molecule has 3 radical (unpaired) electrons. The van der Waals surface area contributed by atoms with Gasteiger partial charge in [0.05, 0.1) is 13.2 Å². The lowest BCUT2D eigenvalue weighted by Gasteiger charge is -1.94. The van der Waals surface area contributed by atoms with Crippen molar-refractivity contribution in [2.45, 2.75) is 0 Å². The highest BCUT2D eigenvalue weighted by Crippen LogP contribution is 1.63. The van der Waals surface area contributed by atoms with Gasteiger partial charge in [0, 0.05) is 0 Å². The number of rotatable bonds is 0. The van der Waals surface area contributed by atoms with Gasteiger partial charge in [-0.25, -0.2) is 4.68 Å². The first-order valence-electron chi connectivity index (χ1n) is 1.96. The summed E-state index contributed by atoms with van der Waals surface area (Å²) >= 11 is 0. The van der Waals surface area contributed by atoms with Crippen LogP contribution in [0.15, 0.2) is 12.4 Å². The minimum absolute atomic E-state index is 1.25. The molecule has 4 heteroatoms. The second kappa shape index (κ2) is 1.37. The van der Waals surface area contributed by atoms with Crippen LogP contribution in [0.1, 0.15) is 0 Å². The Balaban J connectivity index is 3.12. The maximum atomic E-state index is 5.21. The minimum Gasteiger partial charge on any atom is -0.326 e. The van der Waals surface area contributed by atoms with Crippen LogP contribution in [-0.4, -0.2) is 17.8 Å². The molecule has 1 heterocycles. The van der Waals surface area contributed by atoms with Gasteiger partial charge >= 0.3 is 0 Å². The highest BCUT2D eigenvalue weighted by molar-refractivity contribution is 5.94. The van der Waals surface area contributed by atoms with Gasteiger partial charge in [0.15, 0.2) is 0 Å². The minimum atomic E-state index is 1.25. The molecule has 0 N–H and O–H groups in total. The molecule has 0 aliphatic heterocycles. The summed E-state index contributed by atoms with van der Waals surface area (Å²) in [5, 5.41) is 3.67. The summed E-state index contributed by atoms with van der Waals surface area (Å²) in [5.41, 5.74) is 0. The molecule has 35 valence electrons. The third-order valence-corrected chi connectivity index (χ3v) is 0.791. The molecule has 0 bridgehead atoms. The summed E-state index contributed by atoms with van der Waals surface area (Å²) in [6, 6.07) is 0. The first kappa shape index (κ1) is 4.37. The van der Waals surface area contributed by atoms with Gasteiger partial charge in [-0.05, 0) is 7.98 Å². The Morgan fingerprint density at radius 1 is 1.86 bits per heavy atom. The van der Waals surface area contributed by atoms with E-state index in [1.54, 1.807) is 17.1 Å². The molecule has 0 aromatic carbocycles. The zero-order valence-corrected chi connectivity index (χ0v) is 4.07. The Morgan fingerprint density at radius 3 is 2.71 bits per heavy atom. The van der Waals surface area contributed by atoms with Crippen molar-refractivity contribution in [1.29, 1.82) is 0 Å². The van der Waals surface area contributed by atoms with Crippen LogP contribution < -0.4 is 4.71 Å². The quantitative estimate of drug-likeness (QED) is 0.364. The largest absolute Gasteiger partial charge is 0.326 e. The summed E-state index contributed by atoms with van der Waals surface area (Å²) in [5.74, 6) is 0. The van der Waals surface area contributed by atoms with E-state index < -0.39 is 0 Å². The van der Waals surface area contributed by atoms with E-state index in [0.29, 0.717) is 0 Å². The molecule has 7 heavy (non-hydrogen) atoms. The van der Waals surface area contributed by atoms with Crippen molar-refractivity contribution in [2.24, 2.45) is 7.05 Å². The molecule has 0 unspecified atom stereocenters. The molecule has 0 fully saturated rings. The van der Waals surface area contributed by atoms with Crippen molar-refractivity contribution in [3.63, 3.8) is 0 Å². The van der Waals surface area contributed by atoms with Crippen molar-refractivity contribution >= 4 is 7.98 Å². The van der Waals surface area contributed by atoms with E-state index in [1.807, 2.05) is 7.05 Å². The summed E-state index contributed by atoms with van der Waals surface area (Å²) in [6.45, 7) is 0. The second-order valence-electron chi connectivity index (χ2n) is 1.31. The van der Waals surface area contributed by atoms with Crippen LogP contribution in [-0.2, 0) is 7.05 Å². The number of hydrogen-bond acceptors (Lipinski definition) is 1. The SMILES string of the molecule is [B-][n+]1nccn1C. The smallest absolute Gasteiger partial charge is 0.112 e. The molecule has 1 aromatic heterocycles. The average molecular weight is 93.9 g/mol. The normalized spacial score (nSPS) is 9.43. The van der Waals surface area contributed by atoms with Gasteiger partial charge < -0.3 is 4.71 Å². The van der Waals surface area contributed by atoms with E-state index >= 15 is 0 Å². The molecule has 3 nitrogen and oxygen atoms in total. The van der Waals surface area contributed by atoms with Gasteiger partial charge in [0.25, 0.3) is 0 Å². The van der Waals surface area contributed by atoms with Crippen molar-refractivity contribution in [3.05, 3.63) is 12.4 Å². The molecule has 0 aliphatic rings. The highest BCUT2D eigenvalue weighted by Gasteiger charge is 1.80. The van der Waals surface area contributed by atoms with E-state index in [2.05, 4.69) is 5.10 Å². The molecule has 0 aliphatic carbocycles. The zero-order valence-electron chi connectivity index (χ0n) is 4.07. The lowest BCUT2D eigenvalue weighted by Crippen LogP contribution is -2.42. The van der Waals surface area contributed by atoms with E-state index in [4.69, 9.17) is 7.98 Å². The molecule has 0 amide bonds. The van der Waals surface area contributed by atoms with Crippen LogP contribution in [0.25, 0.3) is 0 Å². The molecule has 1 rings (SSSR count). The number of aryl methyl sites for hydroxylation is 1. The fourth-order valence-corrected chi connectivity index (χ4v) is 0.344. The average Bonchev–Trinajstić information content (AvgIpc) is 1.91. The van der Waals surface area contributed by atoms with Gasteiger partial charge in [0.2, 0.25) is 0 Å². The van der Waals surface area contributed by atoms with E-state index in [0.717, 1.165) is 0 Å². The number of hydrogen-bond donors (Lipinski definition) is 0. The van der Waals surface area contributed by atoms with Crippen LogP contribution in [0.3, 0.4) is 0 Å². The van der Waals surface area contributed by atoms with Crippen LogP contribution in [0, 0.1) is 0 Å². The molecular weight excluding hydrogens is 88.9 g/mol. The molecule has 1 aromatic rings. The fourth-order valence-electron chi connectivity index (χ4n) is 0.344. The molecule has 0 saturated carbocycles. The van der Waals surface area contributed by atoms with Crippen LogP contribution in [0.2, 0.25) is 0 Å². The molecule has 0 atom stereocenters. The van der Waals surface area contributed by atoms with Crippen LogP contribution >= 0.6 is 0 Å². The van der Waals surface area contributed by atoms with E-state index in [-0.39, 0.29) is 0 Å². The van der Waals surface area contributed by atoms with Crippen LogP contribution in [0.4, 0.5) is 0 Å². The third kappa shape index (κ3) is 0.631. The first-order chi connectivity index (χ1) is 3.30. The van der Waals surface area contributed by atoms with Gasteiger partial charge in [-0.3, -0.25) is 0 Å². The molecule has 0 saturated heterocycles.